The molecule has 0 spiro atoms. The Morgan fingerprint density at radius 3 is 1.74 bits per heavy atom. The summed E-state index contributed by atoms with van der Waals surface area (Å²) in [5.74, 6) is 0.807. The molecule has 0 saturated carbocycles. The van der Waals surface area contributed by atoms with Crippen LogP contribution in [0, 0.1) is 0 Å². The molecule has 0 aliphatic rings. The fraction of sp³-hybridized carbons (Fsp3) is 0.652. The van der Waals surface area contributed by atoms with Crippen molar-refractivity contribution in [1.82, 2.24) is 10.2 Å². The van der Waals surface area contributed by atoms with Gasteiger partial charge >= 0.3 is 5.97 Å². The molecule has 0 aliphatic carbocycles. The molecule has 0 heterocycles. The molecule has 8 nitrogen and oxygen atoms in total. The van der Waals surface area contributed by atoms with Gasteiger partial charge in [-0.15, -0.1) is 0 Å². The molecule has 0 aromatic rings. The van der Waals surface area contributed by atoms with Gasteiger partial charge in [0.05, 0.1) is 32.5 Å². The second-order valence-electron chi connectivity index (χ2n) is 11.3. The van der Waals surface area contributed by atoms with E-state index in [1.54, 1.807) is 32.4 Å². The maximum absolute atomic E-state index is 10.9. The van der Waals surface area contributed by atoms with Crippen molar-refractivity contribution in [1.29, 1.82) is 0 Å². The van der Waals surface area contributed by atoms with Crippen LogP contribution in [-0.4, -0.2) is 73.5 Å². The summed E-state index contributed by atoms with van der Waals surface area (Å²) in [6, 6.07) is 0.338. The molecular formula is C46H90N2O6. The molecule has 0 bridgehead atoms. The Balaban J connectivity index is -0.000000118. The Kier molecular flexibility index (Phi) is 62.8. The monoisotopic (exact) mass is 767 g/mol. The zero-order valence-electron chi connectivity index (χ0n) is 39.0. The third-order valence-electron chi connectivity index (χ3n) is 6.91. The highest BCUT2D eigenvalue weighted by Crippen LogP contribution is 2.18. The van der Waals surface area contributed by atoms with Gasteiger partial charge in [0.2, 0.25) is 5.91 Å². The van der Waals surface area contributed by atoms with E-state index >= 15 is 0 Å². The number of rotatable bonds is 18. The number of amides is 1. The van der Waals surface area contributed by atoms with Crippen molar-refractivity contribution in [2.75, 3.05) is 34.4 Å². The summed E-state index contributed by atoms with van der Waals surface area (Å²) < 4.78 is 10.3. The standard InChI is InChI=1S/C18H34N2O2.C11H18O2.C8H12O2.C3H8.3C2H6/c1-7-9-10-17(14(3)8-2)11-15(4)20(6)13-18(22)12-19-16(5)21;1-6-9(3)11(13-5)8-10(7-2)12-4;1-3-5-7(4-2)6-8(9)10;1-3-2;3*1-2/h9-10,15,18,22H,7-8,11-13H2,1-6H3,(H,19,21);6,8H,1,7H2,2-5H3;3-5H,6H2,1-2H3,(H,9,10);3H2,1-2H3;3*1-2H3/b10-9-,17-14+;10-8+,11-9+;5-3-,7-4+;;;;. The molecule has 0 radical (unpaired) electrons. The van der Waals surface area contributed by atoms with Gasteiger partial charge in [-0.1, -0.05) is 131 Å². The fourth-order valence-electron chi connectivity index (χ4n) is 3.72. The van der Waals surface area contributed by atoms with Gasteiger partial charge in [-0.25, -0.2) is 0 Å². The van der Waals surface area contributed by atoms with E-state index in [4.69, 9.17) is 14.6 Å². The number of carboxylic acids is 1. The minimum Gasteiger partial charge on any atom is -0.501 e. The second-order valence-corrected chi connectivity index (χ2v) is 11.3. The fourth-order valence-corrected chi connectivity index (χ4v) is 3.72. The molecule has 1 amide bonds. The lowest BCUT2D eigenvalue weighted by Gasteiger charge is -2.28. The topological polar surface area (TPSA) is 108 Å². The van der Waals surface area contributed by atoms with Crippen molar-refractivity contribution >= 4 is 11.9 Å². The molecule has 2 atom stereocenters. The maximum Gasteiger partial charge on any atom is 0.307 e. The number of aliphatic hydroxyl groups is 1. The summed E-state index contributed by atoms with van der Waals surface area (Å²) >= 11 is 0. The third-order valence-corrected chi connectivity index (χ3v) is 6.91. The number of ether oxygens (including phenoxy) is 2. The van der Waals surface area contributed by atoms with Crippen molar-refractivity contribution in [3.05, 3.63) is 82.9 Å². The SMILES string of the molecule is C/C=C\C(=C/C)CC(=O)O.C=C/C(C)=C(\C=C(/CC)OC)OC.CC.CC.CC.CC/C=C\C(CC(C)N(C)CC(O)CNC(C)=O)=C(\C)CC.CCC. The first kappa shape index (κ1) is 65.5. The second kappa shape index (κ2) is 51.7. The summed E-state index contributed by atoms with van der Waals surface area (Å²) in [5.41, 5.74) is 4.66. The first-order chi connectivity index (χ1) is 25.6. The number of carbonyl (C=O) groups excluding carboxylic acids is 1. The Hall–Kier alpha value is -3.36. The van der Waals surface area contributed by atoms with Crippen LogP contribution in [0.3, 0.4) is 0 Å². The number of aliphatic hydroxyl groups excluding tert-OH is 1. The van der Waals surface area contributed by atoms with Crippen LogP contribution in [0.2, 0.25) is 0 Å². The Morgan fingerprint density at radius 1 is 0.889 bits per heavy atom. The zero-order chi connectivity index (χ0) is 44.1. The van der Waals surface area contributed by atoms with E-state index in [0.717, 1.165) is 48.3 Å². The van der Waals surface area contributed by atoms with Crippen molar-refractivity contribution in [3.8, 4) is 0 Å². The Morgan fingerprint density at radius 2 is 1.41 bits per heavy atom. The number of nitrogens with one attached hydrogen (secondary N) is 1. The Bertz CT molecular complexity index is 1050. The number of allylic oxidation sites excluding steroid dienone is 10. The van der Waals surface area contributed by atoms with Crippen LogP contribution in [0.1, 0.15) is 156 Å². The summed E-state index contributed by atoms with van der Waals surface area (Å²) in [6.45, 7) is 38.6. The van der Waals surface area contributed by atoms with Crippen LogP contribution in [0.5, 0.6) is 0 Å². The average molecular weight is 767 g/mol. The normalized spacial score (nSPS) is 12.6. The van der Waals surface area contributed by atoms with Gasteiger partial charge in [0.25, 0.3) is 0 Å². The lowest BCUT2D eigenvalue weighted by Crippen LogP contribution is -2.41. The first-order valence-corrected chi connectivity index (χ1v) is 20.2. The van der Waals surface area contributed by atoms with Crippen LogP contribution >= 0.6 is 0 Å². The number of carboxylic acid groups (broad SMARTS) is 1. The summed E-state index contributed by atoms with van der Waals surface area (Å²) in [6.07, 6.45) is 18.3. The van der Waals surface area contributed by atoms with Gasteiger partial charge in [0, 0.05) is 38.6 Å². The van der Waals surface area contributed by atoms with Gasteiger partial charge < -0.3 is 29.9 Å². The zero-order valence-corrected chi connectivity index (χ0v) is 39.0. The van der Waals surface area contributed by atoms with Gasteiger partial charge in [-0.05, 0) is 77.6 Å². The van der Waals surface area contributed by atoms with Crippen LogP contribution in [-0.2, 0) is 19.1 Å². The van der Waals surface area contributed by atoms with Gasteiger partial charge in [-0.2, -0.15) is 0 Å². The number of aliphatic carboxylic acids is 1. The molecule has 0 aromatic carbocycles. The summed E-state index contributed by atoms with van der Waals surface area (Å²) in [5, 5.41) is 21.0. The number of nitrogens with zero attached hydrogens (tertiary/aromatic N) is 1. The van der Waals surface area contributed by atoms with Gasteiger partial charge in [-0.3, -0.25) is 9.59 Å². The molecule has 0 aliphatic heterocycles. The first-order valence-electron chi connectivity index (χ1n) is 20.2. The van der Waals surface area contributed by atoms with Crippen LogP contribution in [0.15, 0.2) is 82.9 Å². The molecule has 0 aromatic heterocycles. The summed E-state index contributed by atoms with van der Waals surface area (Å²) in [7, 11) is 5.32. The number of likely N-dealkylation sites (N-methyl/N-ethyl adjacent to an activating group) is 1. The highest BCUT2D eigenvalue weighted by Gasteiger charge is 2.15. The van der Waals surface area contributed by atoms with E-state index < -0.39 is 12.1 Å². The highest BCUT2D eigenvalue weighted by molar-refractivity contribution is 5.72. The predicted octanol–water partition coefficient (Wildman–Crippen LogP) is 12.4. The van der Waals surface area contributed by atoms with E-state index in [0.29, 0.717) is 19.1 Å². The van der Waals surface area contributed by atoms with Crippen molar-refractivity contribution in [2.24, 2.45) is 0 Å². The molecule has 320 valence electrons. The number of hydrogen-bond acceptors (Lipinski definition) is 6. The predicted molar refractivity (Wildman–Crippen MR) is 240 cm³/mol. The largest absolute Gasteiger partial charge is 0.501 e. The number of methoxy groups -OCH3 is 2. The average Bonchev–Trinajstić information content (AvgIpc) is 3.18. The van der Waals surface area contributed by atoms with Gasteiger partial charge in [0.15, 0.2) is 0 Å². The van der Waals surface area contributed by atoms with Crippen LogP contribution < -0.4 is 5.32 Å². The minimum atomic E-state index is -0.786. The molecule has 8 heteroatoms. The van der Waals surface area contributed by atoms with Crippen LogP contribution in [0.25, 0.3) is 0 Å². The van der Waals surface area contributed by atoms with Crippen molar-refractivity contribution < 1.29 is 29.3 Å². The quantitative estimate of drug-likeness (QED) is 0.0941. The molecule has 0 fully saturated rings. The molecule has 2 unspecified atom stereocenters. The van der Waals surface area contributed by atoms with E-state index in [1.807, 2.05) is 88.4 Å². The van der Waals surface area contributed by atoms with E-state index in [9.17, 15) is 14.7 Å². The number of hydrogen-bond donors (Lipinski definition) is 3. The van der Waals surface area contributed by atoms with E-state index in [-0.39, 0.29) is 12.3 Å². The molecule has 0 rings (SSSR count). The molecule has 0 saturated heterocycles. The smallest absolute Gasteiger partial charge is 0.307 e. The van der Waals surface area contributed by atoms with Gasteiger partial charge in [0.1, 0.15) is 5.76 Å². The molecular weight excluding hydrogens is 677 g/mol. The molecule has 3 N–H and O–H groups in total. The highest BCUT2D eigenvalue weighted by atomic mass is 16.5. The maximum atomic E-state index is 10.9. The Labute approximate surface area is 336 Å². The van der Waals surface area contributed by atoms with E-state index in [1.165, 1.54) is 24.5 Å². The minimum absolute atomic E-state index is 0.108. The summed E-state index contributed by atoms with van der Waals surface area (Å²) in [4.78, 5) is 23.2. The van der Waals surface area contributed by atoms with Crippen molar-refractivity contribution in [3.63, 3.8) is 0 Å². The number of carbonyl (C=O) groups is 2. The molecule has 54 heavy (non-hydrogen) atoms. The van der Waals surface area contributed by atoms with Crippen molar-refractivity contribution in [2.45, 2.75) is 168 Å². The van der Waals surface area contributed by atoms with Crippen LogP contribution in [0.4, 0.5) is 0 Å². The lowest BCUT2D eigenvalue weighted by atomic mass is 9.99. The van der Waals surface area contributed by atoms with E-state index in [2.05, 4.69) is 70.5 Å². The third kappa shape index (κ3) is 46.7. The lowest BCUT2D eigenvalue weighted by molar-refractivity contribution is -0.136.